The van der Waals surface area contributed by atoms with Crippen molar-refractivity contribution in [2.24, 2.45) is 5.92 Å². The molecule has 7 heteroatoms. The van der Waals surface area contributed by atoms with Crippen LogP contribution in [0.15, 0.2) is 23.1 Å². The van der Waals surface area contributed by atoms with E-state index in [1.807, 2.05) is 0 Å². The van der Waals surface area contributed by atoms with Crippen molar-refractivity contribution >= 4 is 15.7 Å². The molecule has 2 fully saturated rings. The molecule has 2 unspecified atom stereocenters. The number of rotatable bonds is 4. The van der Waals surface area contributed by atoms with Gasteiger partial charge in [-0.15, -0.1) is 0 Å². The van der Waals surface area contributed by atoms with E-state index in [1.165, 1.54) is 6.07 Å². The summed E-state index contributed by atoms with van der Waals surface area (Å²) in [5, 5.41) is 0. The molecule has 1 aliphatic heterocycles. The van der Waals surface area contributed by atoms with Crippen molar-refractivity contribution in [3.8, 4) is 0 Å². The van der Waals surface area contributed by atoms with Crippen molar-refractivity contribution in [3.63, 3.8) is 0 Å². The van der Waals surface area contributed by atoms with Crippen LogP contribution in [-0.4, -0.2) is 27.2 Å². The van der Waals surface area contributed by atoms with Crippen molar-refractivity contribution in [1.82, 2.24) is 4.72 Å². The van der Waals surface area contributed by atoms with E-state index < -0.39 is 15.8 Å². The van der Waals surface area contributed by atoms with Gasteiger partial charge in [0.2, 0.25) is 10.0 Å². The van der Waals surface area contributed by atoms with Crippen molar-refractivity contribution in [2.75, 3.05) is 12.3 Å². The van der Waals surface area contributed by atoms with E-state index >= 15 is 0 Å². The Bertz CT molecular complexity index is 616. The lowest BCUT2D eigenvalue weighted by atomic mass is 10.1. The Morgan fingerprint density at radius 3 is 2.75 bits per heavy atom. The Hall–Kier alpha value is -1.18. The van der Waals surface area contributed by atoms with Crippen LogP contribution in [0.3, 0.4) is 0 Å². The molecule has 1 aromatic rings. The maximum atomic E-state index is 13.2. The Labute approximate surface area is 117 Å². The number of anilines is 1. The number of nitrogens with two attached hydrogens (primary N) is 1. The molecular weight excluding hydrogens is 283 g/mol. The third-order valence-corrected chi connectivity index (χ3v) is 5.34. The van der Waals surface area contributed by atoms with Gasteiger partial charge in [0.15, 0.2) is 0 Å². The normalized spacial score (nSPS) is 26.9. The van der Waals surface area contributed by atoms with Gasteiger partial charge in [0.05, 0.1) is 17.8 Å². The minimum absolute atomic E-state index is 0.0424. The molecule has 1 heterocycles. The highest BCUT2D eigenvalue weighted by atomic mass is 32.2. The number of hydrogen-bond donors (Lipinski definition) is 2. The highest BCUT2D eigenvalue weighted by Gasteiger charge is 2.42. The molecule has 1 aliphatic carbocycles. The summed E-state index contributed by atoms with van der Waals surface area (Å²) in [6, 6.07) is 3.09. The first-order chi connectivity index (χ1) is 9.47. The zero-order chi connectivity index (χ0) is 14.3. The molecule has 0 amide bonds. The lowest BCUT2D eigenvalue weighted by Gasteiger charge is -2.20. The molecular formula is C13H17FN2O3S. The van der Waals surface area contributed by atoms with E-state index in [2.05, 4.69) is 4.72 Å². The summed E-state index contributed by atoms with van der Waals surface area (Å²) < 4.78 is 46.1. The monoisotopic (exact) mass is 300 g/mol. The zero-order valence-electron chi connectivity index (χ0n) is 10.9. The van der Waals surface area contributed by atoms with E-state index in [4.69, 9.17) is 10.5 Å². The van der Waals surface area contributed by atoms with Crippen LogP contribution in [0.5, 0.6) is 0 Å². The predicted molar refractivity (Wildman–Crippen MR) is 72.0 cm³/mol. The quantitative estimate of drug-likeness (QED) is 0.820. The lowest BCUT2D eigenvalue weighted by Crippen LogP contribution is -2.41. The van der Waals surface area contributed by atoms with Gasteiger partial charge >= 0.3 is 0 Å². The molecule has 0 aromatic heterocycles. The van der Waals surface area contributed by atoms with Crippen molar-refractivity contribution in [1.29, 1.82) is 0 Å². The molecule has 3 N–H and O–H groups in total. The predicted octanol–water partition coefficient (Wildman–Crippen LogP) is 1.25. The fourth-order valence-corrected chi connectivity index (χ4v) is 4.05. The first-order valence-electron chi connectivity index (χ1n) is 6.66. The van der Waals surface area contributed by atoms with Gasteiger partial charge in [0, 0.05) is 6.61 Å². The smallest absolute Gasteiger partial charge is 0.243 e. The van der Waals surface area contributed by atoms with Crippen LogP contribution in [-0.2, 0) is 14.8 Å². The van der Waals surface area contributed by atoms with Crippen LogP contribution in [0.4, 0.5) is 10.1 Å². The number of ether oxygens (including phenoxy) is 1. The summed E-state index contributed by atoms with van der Waals surface area (Å²) in [5.41, 5.74) is 5.68. The fourth-order valence-electron chi connectivity index (χ4n) is 2.63. The SMILES string of the molecule is Nc1ccc(F)cc1S(=O)(=O)NC1CCOC1C1CC1. The molecule has 0 spiro atoms. The summed E-state index contributed by atoms with van der Waals surface area (Å²) in [7, 11) is -3.83. The van der Waals surface area contributed by atoms with Crippen LogP contribution in [0.1, 0.15) is 19.3 Å². The summed E-state index contributed by atoms with van der Waals surface area (Å²) >= 11 is 0. The summed E-state index contributed by atoms with van der Waals surface area (Å²) in [4.78, 5) is -0.209. The lowest BCUT2D eigenvalue weighted by molar-refractivity contribution is 0.0848. The van der Waals surface area contributed by atoms with Crippen molar-refractivity contribution < 1.29 is 17.5 Å². The standard InChI is InChI=1S/C13H17FN2O3S/c14-9-3-4-10(15)12(7-9)20(17,18)16-11-5-6-19-13(11)8-1-2-8/h3-4,7-8,11,13,16H,1-2,5-6,15H2. The van der Waals surface area contributed by atoms with Crippen LogP contribution in [0.25, 0.3) is 0 Å². The first kappa shape index (κ1) is 13.8. The molecule has 0 bridgehead atoms. The highest BCUT2D eigenvalue weighted by molar-refractivity contribution is 7.89. The molecule has 5 nitrogen and oxygen atoms in total. The third-order valence-electron chi connectivity index (χ3n) is 3.79. The molecule has 110 valence electrons. The average Bonchev–Trinajstić information content (AvgIpc) is 3.13. The summed E-state index contributed by atoms with van der Waals surface area (Å²) in [6.45, 7) is 0.549. The Kier molecular flexibility index (Phi) is 3.43. The van der Waals surface area contributed by atoms with E-state index in [0.29, 0.717) is 18.9 Å². The number of hydrogen-bond acceptors (Lipinski definition) is 4. The van der Waals surface area contributed by atoms with E-state index in [0.717, 1.165) is 25.0 Å². The average molecular weight is 300 g/mol. The second-order valence-electron chi connectivity index (χ2n) is 5.37. The molecule has 2 atom stereocenters. The number of nitrogens with one attached hydrogen (secondary N) is 1. The van der Waals surface area contributed by atoms with Gasteiger partial charge in [-0.25, -0.2) is 17.5 Å². The van der Waals surface area contributed by atoms with Crippen LogP contribution in [0, 0.1) is 11.7 Å². The van der Waals surface area contributed by atoms with Gasteiger partial charge in [-0.1, -0.05) is 0 Å². The number of sulfonamides is 1. The maximum Gasteiger partial charge on any atom is 0.243 e. The Balaban J connectivity index is 1.83. The maximum absolute atomic E-state index is 13.2. The molecule has 20 heavy (non-hydrogen) atoms. The minimum Gasteiger partial charge on any atom is -0.398 e. The summed E-state index contributed by atoms with van der Waals surface area (Å²) in [6.07, 6.45) is 2.71. The molecule has 3 rings (SSSR count). The van der Waals surface area contributed by atoms with Gasteiger partial charge in [-0.3, -0.25) is 0 Å². The number of nitrogen functional groups attached to an aromatic ring is 1. The molecule has 0 radical (unpaired) electrons. The van der Waals surface area contributed by atoms with Gasteiger partial charge < -0.3 is 10.5 Å². The van der Waals surface area contributed by atoms with E-state index in [-0.39, 0.29) is 22.7 Å². The highest BCUT2D eigenvalue weighted by Crippen LogP contribution is 2.39. The second kappa shape index (κ2) is 4.98. The van der Waals surface area contributed by atoms with E-state index in [1.54, 1.807) is 0 Å². The third kappa shape index (κ3) is 2.65. The van der Waals surface area contributed by atoms with Crippen LogP contribution in [0.2, 0.25) is 0 Å². The molecule has 2 aliphatic rings. The molecule has 1 saturated carbocycles. The van der Waals surface area contributed by atoms with Crippen molar-refractivity contribution in [3.05, 3.63) is 24.0 Å². The molecule has 1 saturated heterocycles. The van der Waals surface area contributed by atoms with Crippen molar-refractivity contribution in [2.45, 2.75) is 36.3 Å². The number of benzene rings is 1. The first-order valence-corrected chi connectivity index (χ1v) is 8.14. The summed E-state index contributed by atoms with van der Waals surface area (Å²) in [5.74, 6) is -0.184. The fraction of sp³-hybridized carbons (Fsp3) is 0.538. The van der Waals surface area contributed by atoms with Gasteiger partial charge in [-0.05, 0) is 43.4 Å². The van der Waals surface area contributed by atoms with Crippen LogP contribution < -0.4 is 10.5 Å². The Morgan fingerprint density at radius 1 is 1.30 bits per heavy atom. The largest absolute Gasteiger partial charge is 0.398 e. The zero-order valence-corrected chi connectivity index (χ0v) is 11.7. The van der Waals surface area contributed by atoms with Crippen LogP contribution >= 0.6 is 0 Å². The van der Waals surface area contributed by atoms with Gasteiger partial charge in [0.25, 0.3) is 0 Å². The molecule has 1 aromatic carbocycles. The second-order valence-corrected chi connectivity index (χ2v) is 7.05. The minimum atomic E-state index is -3.83. The van der Waals surface area contributed by atoms with Gasteiger partial charge in [0.1, 0.15) is 10.7 Å². The topological polar surface area (TPSA) is 81.4 Å². The number of halogens is 1. The van der Waals surface area contributed by atoms with Gasteiger partial charge in [-0.2, -0.15) is 0 Å². The van der Waals surface area contributed by atoms with E-state index in [9.17, 15) is 12.8 Å². The Morgan fingerprint density at radius 2 is 2.05 bits per heavy atom.